The van der Waals surface area contributed by atoms with Crippen LogP contribution in [0.4, 0.5) is 5.69 Å². The Hall–Kier alpha value is -2.40. The molecule has 0 unspecified atom stereocenters. The second kappa shape index (κ2) is 5.49. The van der Waals surface area contributed by atoms with Crippen molar-refractivity contribution in [2.24, 2.45) is 0 Å². The highest BCUT2D eigenvalue weighted by Gasteiger charge is 2.04. The van der Waals surface area contributed by atoms with Gasteiger partial charge in [0.25, 0.3) is 0 Å². The van der Waals surface area contributed by atoms with Gasteiger partial charge in [0, 0.05) is 11.3 Å². The van der Waals surface area contributed by atoms with E-state index in [-0.39, 0.29) is 0 Å². The minimum atomic E-state index is 0.722. The van der Waals surface area contributed by atoms with Crippen LogP contribution >= 0.6 is 0 Å². The number of nitrogens with two attached hydrogens (primary N) is 1. The molecule has 0 atom stereocenters. The number of aryl methyl sites for hydroxylation is 2. The largest absolute Gasteiger partial charge is 0.495 e. The van der Waals surface area contributed by atoms with Crippen molar-refractivity contribution in [3.05, 3.63) is 58.7 Å². The smallest absolute Gasteiger partial charge is 0.135 e. The normalized spacial score (nSPS) is 9.63. The van der Waals surface area contributed by atoms with Gasteiger partial charge in [-0.15, -0.1) is 0 Å². The van der Waals surface area contributed by atoms with E-state index in [1.165, 1.54) is 5.56 Å². The van der Waals surface area contributed by atoms with E-state index in [0.717, 1.165) is 28.1 Å². The summed E-state index contributed by atoms with van der Waals surface area (Å²) in [5.74, 6) is 7.11. The van der Waals surface area contributed by atoms with Crippen molar-refractivity contribution in [3.63, 3.8) is 0 Å². The molecule has 2 aromatic rings. The third-order valence-electron chi connectivity index (χ3n) is 2.88. The summed E-state index contributed by atoms with van der Waals surface area (Å²) >= 11 is 0. The second-order valence-electron chi connectivity index (χ2n) is 4.53. The number of hydrogen-bond acceptors (Lipinski definition) is 2. The lowest BCUT2D eigenvalue weighted by Crippen LogP contribution is -1.92. The lowest BCUT2D eigenvalue weighted by Gasteiger charge is -2.07. The molecule has 19 heavy (non-hydrogen) atoms. The average Bonchev–Trinajstić information content (AvgIpc) is 2.37. The summed E-state index contributed by atoms with van der Waals surface area (Å²) in [6.45, 7) is 4.09. The van der Waals surface area contributed by atoms with Crippen LogP contribution in [0.5, 0.6) is 5.75 Å². The van der Waals surface area contributed by atoms with E-state index in [0.29, 0.717) is 0 Å². The summed E-state index contributed by atoms with van der Waals surface area (Å²) in [4.78, 5) is 0. The second-order valence-corrected chi connectivity index (χ2v) is 4.53. The molecule has 2 N–H and O–H groups in total. The molecule has 0 spiro atoms. The Kier molecular flexibility index (Phi) is 3.77. The summed E-state index contributed by atoms with van der Waals surface area (Å²) in [7, 11) is 1.67. The van der Waals surface area contributed by atoms with Crippen LogP contribution in [-0.2, 0) is 0 Å². The van der Waals surface area contributed by atoms with Crippen molar-refractivity contribution in [1.82, 2.24) is 0 Å². The molecule has 0 saturated carbocycles. The van der Waals surface area contributed by atoms with Gasteiger partial charge < -0.3 is 10.5 Å². The number of benzene rings is 2. The number of methoxy groups -OCH3 is 1. The monoisotopic (exact) mass is 251 g/mol. The molecular formula is C17H17NO. The van der Waals surface area contributed by atoms with Crippen LogP contribution in [0.1, 0.15) is 22.3 Å². The van der Waals surface area contributed by atoms with Crippen molar-refractivity contribution >= 4 is 5.69 Å². The maximum atomic E-state index is 5.74. The fraction of sp³-hybridized carbons (Fsp3) is 0.176. The van der Waals surface area contributed by atoms with Crippen LogP contribution in [0.2, 0.25) is 0 Å². The van der Waals surface area contributed by atoms with Crippen molar-refractivity contribution in [2.75, 3.05) is 12.8 Å². The molecule has 0 radical (unpaired) electrons. The summed E-state index contributed by atoms with van der Waals surface area (Å²) in [5, 5.41) is 0. The fourth-order valence-electron chi connectivity index (χ4n) is 2.00. The Balaban J connectivity index is 2.45. The molecule has 96 valence electrons. The molecule has 0 aliphatic rings. The van der Waals surface area contributed by atoms with Gasteiger partial charge in [0.1, 0.15) is 5.75 Å². The first-order chi connectivity index (χ1) is 9.10. The Morgan fingerprint density at radius 2 is 1.84 bits per heavy atom. The van der Waals surface area contributed by atoms with E-state index in [9.17, 15) is 0 Å². The standard InChI is InChI=1S/C17H17NO/c1-12-9-13(2)16(17(10-12)19-3)8-7-14-5-4-6-15(18)11-14/h4-6,9-11H,18H2,1-3H3. The van der Waals surface area contributed by atoms with Gasteiger partial charge in [-0.2, -0.15) is 0 Å². The Labute approximate surface area is 114 Å². The highest BCUT2D eigenvalue weighted by atomic mass is 16.5. The number of anilines is 1. The molecular weight excluding hydrogens is 234 g/mol. The zero-order valence-electron chi connectivity index (χ0n) is 11.4. The van der Waals surface area contributed by atoms with Crippen LogP contribution in [0.3, 0.4) is 0 Å². The van der Waals surface area contributed by atoms with Crippen LogP contribution < -0.4 is 10.5 Å². The first-order valence-electron chi connectivity index (χ1n) is 6.13. The predicted molar refractivity (Wildman–Crippen MR) is 79.3 cm³/mol. The summed E-state index contributed by atoms with van der Waals surface area (Å²) in [5.41, 5.74) is 10.6. The van der Waals surface area contributed by atoms with Crippen molar-refractivity contribution < 1.29 is 4.74 Å². The first kappa shape index (κ1) is 13.0. The molecule has 0 bridgehead atoms. The van der Waals surface area contributed by atoms with Gasteiger partial charge in [0.15, 0.2) is 0 Å². The van der Waals surface area contributed by atoms with E-state index in [2.05, 4.69) is 17.9 Å². The number of hydrogen-bond donors (Lipinski definition) is 1. The predicted octanol–water partition coefficient (Wildman–Crippen LogP) is 3.29. The van der Waals surface area contributed by atoms with Gasteiger partial charge in [0.2, 0.25) is 0 Å². The van der Waals surface area contributed by atoms with Crippen LogP contribution in [-0.4, -0.2) is 7.11 Å². The minimum Gasteiger partial charge on any atom is -0.495 e. The zero-order valence-corrected chi connectivity index (χ0v) is 11.4. The van der Waals surface area contributed by atoms with Gasteiger partial charge in [-0.05, 0) is 49.2 Å². The summed E-state index contributed by atoms with van der Waals surface area (Å²) in [6.07, 6.45) is 0. The van der Waals surface area contributed by atoms with Crippen molar-refractivity contribution in [3.8, 4) is 17.6 Å². The van der Waals surface area contributed by atoms with E-state index in [4.69, 9.17) is 10.5 Å². The number of nitrogen functional groups attached to an aromatic ring is 1. The van der Waals surface area contributed by atoms with Gasteiger partial charge >= 0.3 is 0 Å². The Morgan fingerprint density at radius 3 is 2.53 bits per heavy atom. The lowest BCUT2D eigenvalue weighted by molar-refractivity contribution is 0.413. The van der Waals surface area contributed by atoms with Gasteiger partial charge in [-0.3, -0.25) is 0 Å². The van der Waals surface area contributed by atoms with Gasteiger partial charge in [-0.1, -0.05) is 24.0 Å². The Bertz CT molecular complexity index is 663. The quantitative estimate of drug-likeness (QED) is 0.623. The Morgan fingerprint density at radius 1 is 1.05 bits per heavy atom. The zero-order chi connectivity index (χ0) is 13.8. The van der Waals surface area contributed by atoms with Crippen LogP contribution in [0.15, 0.2) is 36.4 Å². The van der Waals surface area contributed by atoms with Crippen molar-refractivity contribution in [2.45, 2.75) is 13.8 Å². The number of ether oxygens (including phenoxy) is 1. The number of rotatable bonds is 1. The van der Waals surface area contributed by atoms with E-state index < -0.39 is 0 Å². The van der Waals surface area contributed by atoms with Crippen LogP contribution in [0.25, 0.3) is 0 Å². The molecule has 0 saturated heterocycles. The fourth-order valence-corrected chi connectivity index (χ4v) is 2.00. The minimum absolute atomic E-state index is 0.722. The molecule has 0 aliphatic heterocycles. The first-order valence-corrected chi connectivity index (χ1v) is 6.13. The maximum absolute atomic E-state index is 5.74. The van der Waals surface area contributed by atoms with Crippen LogP contribution in [0, 0.1) is 25.7 Å². The molecule has 0 aliphatic carbocycles. The van der Waals surface area contributed by atoms with E-state index in [1.807, 2.05) is 44.2 Å². The molecule has 2 aromatic carbocycles. The molecule has 2 heteroatoms. The highest BCUT2D eigenvalue weighted by molar-refractivity contribution is 5.56. The van der Waals surface area contributed by atoms with Gasteiger partial charge in [0.05, 0.1) is 12.7 Å². The van der Waals surface area contributed by atoms with E-state index in [1.54, 1.807) is 7.11 Å². The third kappa shape index (κ3) is 3.08. The molecule has 2 nitrogen and oxygen atoms in total. The van der Waals surface area contributed by atoms with Crippen molar-refractivity contribution in [1.29, 1.82) is 0 Å². The highest BCUT2D eigenvalue weighted by Crippen LogP contribution is 2.23. The molecule has 0 aromatic heterocycles. The third-order valence-corrected chi connectivity index (χ3v) is 2.88. The SMILES string of the molecule is COc1cc(C)cc(C)c1C#Cc1cccc(N)c1. The average molecular weight is 251 g/mol. The topological polar surface area (TPSA) is 35.2 Å². The van der Waals surface area contributed by atoms with E-state index >= 15 is 0 Å². The molecule has 0 amide bonds. The van der Waals surface area contributed by atoms with Gasteiger partial charge in [-0.25, -0.2) is 0 Å². The lowest BCUT2D eigenvalue weighted by atomic mass is 10.0. The molecule has 0 heterocycles. The maximum Gasteiger partial charge on any atom is 0.135 e. The summed E-state index contributed by atoms with van der Waals surface area (Å²) < 4.78 is 5.39. The summed E-state index contributed by atoms with van der Waals surface area (Å²) in [6, 6.07) is 11.7. The molecule has 0 fully saturated rings. The molecule has 2 rings (SSSR count).